The fourth-order valence-electron chi connectivity index (χ4n) is 2.57. The first kappa shape index (κ1) is 22.5. The van der Waals surface area contributed by atoms with E-state index in [9.17, 15) is 13.2 Å². The summed E-state index contributed by atoms with van der Waals surface area (Å²) in [4.78, 5) is 11.7. The van der Waals surface area contributed by atoms with Crippen molar-refractivity contribution in [3.05, 3.63) is 65.2 Å². The molecule has 156 valence electrons. The van der Waals surface area contributed by atoms with Crippen molar-refractivity contribution >= 4 is 21.5 Å². The first-order chi connectivity index (χ1) is 13.6. The SMILES string of the molecule is CCOc1ccc(N/C=C(\C(=O)OC)S(=O)(=O)c2ccc(C(C)(C)C)cc2)cc1. The van der Waals surface area contributed by atoms with Crippen LogP contribution in [-0.2, 0) is 24.8 Å². The Morgan fingerprint density at radius 1 is 1.03 bits per heavy atom. The van der Waals surface area contributed by atoms with Crippen molar-refractivity contribution in [1.29, 1.82) is 0 Å². The van der Waals surface area contributed by atoms with E-state index in [1.165, 1.54) is 12.1 Å². The quantitative estimate of drug-likeness (QED) is 0.535. The van der Waals surface area contributed by atoms with Crippen LogP contribution in [0.4, 0.5) is 5.69 Å². The van der Waals surface area contributed by atoms with Gasteiger partial charge in [-0.1, -0.05) is 32.9 Å². The lowest BCUT2D eigenvalue weighted by atomic mass is 9.87. The average molecular weight is 418 g/mol. The second-order valence-corrected chi connectivity index (χ2v) is 9.30. The van der Waals surface area contributed by atoms with Crippen LogP contribution in [0.1, 0.15) is 33.3 Å². The number of anilines is 1. The van der Waals surface area contributed by atoms with Crippen LogP contribution in [0, 0.1) is 0 Å². The summed E-state index contributed by atoms with van der Waals surface area (Å²) >= 11 is 0. The maximum Gasteiger partial charge on any atom is 0.351 e. The van der Waals surface area contributed by atoms with Gasteiger partial charge < -0.3 is 14.8 Å². The smallest absolute Gasteiger partial charge is 0.351 e. The molecule has 0 unspecified atom stereocenters. The van der Waals surface area contributed by atoms with E-state index in [1.54, 1.807) is 36.4 Å². The topological polar surface area (TPSA) is 81.7 Å². The van der Waals surface area contributed by atoms with Crippen molar-refractivity contribution in [2.24, 2.45) is 0 Å². The largest absolute Gasteiger partial charge is 0.494 e. The summed E-state index contributed by atoms with van der Waals surface area (Å²) in [5.41, 5.74) is 1.49. The maximum absolute atomic E-state index is 13.0. The van der Waals surface area contributed by atoms with Gasteiger partial charge in [0, 0.05) is 11.9 Å². The van der Waals surface area contributed by atoms with Crippen molar-refractivity contribution in [2.45, 2.75) is 38.0 Å². The molecule has 7 heteroatoms. The van der Waals surface area contributed by atoms with Gasteiger partial charge in [-0.3, -0.25) is 0 Å². The van der Waals surface area contributed by atoms with Gasteiger partial charge in [0.05, 0.1) is 18.6 Å². The molecule has 0 radical (unpaired) electrons. The fraction of sp³-hybridized carbons (Fsp3) is 0.318. The van der Waals surface area contributed by atoms with Gasteiger partial charge in [-0.25, -0.2) is 13.2 Å². The van der Waals surface area contributed by atoms with Crippen molar-refractivity contribution in [3.8, 4) is 5.75 Å². The molecule has 2 aromatic rings. The number of benzene rings is 2. The lowest BCUT2D eigenvalue weighted by Gasteiger charge is -2.19. The molecule has 0 aromatic heterocycles. The molecule has 0 aliphatic carbocycles. The van der Waals surface area contributed by atoms with Crippen molar-refractivity contribution in [3.63, 3.8) is 0 Å². The molecular formula is C22H27NO5S. The third-order valence-electron chi connectivity index (χ3n) is 4.24. The minimum absolute atomic E-state index is 0.0237. The van der Waals surface area contributed by atoms with Crippen LogP contribution in [0.25, 0.3) is 0 Å². The summed E-state index contributed by atoms with van der Waals surface area (Å²) in [5, 5.41) is 2.84. The molecule has 0 aliphatic rings. The number of rotatable bonds is 7. The van der Waals surface area contributed by atoms with Crippen molar-refractivity contribution in [2.75, 3.05) is 19.0 Å². The average Bonchev–Trinajstić information content (AvgIpc) is 2.68. The minimum Gasteiger partial charge on any atom is -0.494 e. The molecule has 0 atom stereocenters. The number of sulfone groups is 1. The van der Waals surface area contributed by atoms with Crippen LogP contribution < -0.4 is 10.1 Å². The van der Waals surface area contributed by atoms with Crippen LogP contribution in [0.15, 0.2) is 64.5 Å². The molecule has 0 bridgehead atoms. The molecule has 2 rings (SSSR count). The van der Waals surface area contributed by atoms with Gasteiger partial charge in [0.1, 0.15) is 5.75 Å². The number of hydrogen-bond donors (Lipinski definition) is 1. The zero-order chi connectivity index (χ0) is 21.7. The van der Waals surface area contributed by atoms with E-state index in [-0.39, 0.29) is 10.3 Å². The molecule has 0 saturated carbocycles. The molecule has 2 aromatic carbocycles. The Balaban J connectivity index is 2.35. The number of nitrogens with one attached hydrogen (secondary N) is 1. The summed E-state index contributed by atoms with van der Waals surface area (Å²) in [7, 11) is -2.92. The molecule has 0 amide bonds. The summed E-state index contributed by atoms with van der Waals surface area (Å²) in [6.45, 7) is 8.55. The van der Waals surface area contributed by atoms with Crippen LogP contribution in [0.3, 0.4) is 0 Å². The van der Waals surface area contributed by atoms with E-state index in [0.29, 0.717) is 18.0 Å². The lowest BCUT2D eigenvalue weighted by Crippen LogP contribution is -2.17. The van der Waals surface area contributed by atoms with Crippen molar-refractivity contribution < 1.29 is 22.7 Å². The maximum atomic E-state index is 13.0. The highest BCUT2D eigenvalue weighted by molar-refractivity contribution is 7.96. The third-order valence-corrected chi connectivity index (χ3v) is 6.00. The van der Waals surface area contributed by atoms with E-state index in [2.05, 4.69) is 5.32 Å². The highest BCUT2D eigenvalue weighted by Crippen LogP contribution is 2.26. The number of esters is 1. The lowest BCUT2D eigenvalue weighted by molar-refractivity contribution is -0.135. The van der Waals surface area contributed by atoms with Gasteiger partial charge in [0.15, 0.2) is 4.91 Å². The monoisotopic (exact) mass is 417 g/mol. The van der Waals surface area contributed by atoms with Crippen LogP contribution >= 0.6 is 0 Å². The van der Waals surface area contributed by atoms with E-state index >= 15 is 0 Å². The van der Waals surface area contributed by atoms with E-state index in [4.69, 9.17) is 9.47 Å². The third kappa shape index (κ3) is 5.60. The Kier molecular flexibility index (Phi) is 7.08. The molecule has 0 fully saturated rings. The summed E-state index contributed by atoms with van der Waals surface area (Å²) in [6, 6.07) is 13.5. The van der Waals surface area contributed by atoms with Crippen LogP contribution in [0.2, 0.25) is 0 Å². The molecule has 29 heavy (non-hydrogen) atoms. The van der Waals surface area contributed by atoms with E-state index in [0.717, 1.165) is 18.9 Å². The highest BCUT2D eigenvalue weighted by atomic mass is 32.2. The van der Waals surface area contributed by atoms with E-state index in [1.807, 2.05) is 27.7 Å². The second-order valence-electron chi connectivity index (χ2n) is 7.38. The Hall–Kier alpha value is -2.80. The van der Waals surface area contributed by atoms with Gasteiger partial charge in [-0.2, -0.15) is 0 Å². The van der Waals surface area contributed by atoms with Gasteiger partial charge in [-0.05, 0) is 54.3 Å². The fourth-order valence-corrected chi connectivity index (χ4v) is 3.84. The van der Waals surface area contributed by atoms with Gasteiger partial charge in [0.25, 0.3) is 0 Å². The molecule has 0 heterocycles. The Morgan fingerprint density at radius 3 is 2.10 bits per heavy atom. The predicted molar refractivity (Wildman–Crippen MR) is 114 cm³/mol. The first-order valence-corrected chi connectivity index (χ1v) is 10.7. The van der Waals surface area contributed by atoms with E-state index < -0.39 is 20.7 Å². The number of carbonyl (C=O) groups excluding carboxylic acids is 1. The first-order valence-electron chi connectivity index (χ1n) is 9.23. The van der Waals surface area contributed by atoms with Gasteiger partial charge in [0.2, 0.25) is 9.84 Å². The number of methoxy groups -OCH3 is 1. The highest BCUT2D eigenvalue weighted by Gasteiger charge is 2.28. The minimum atomic E-state index is -4.06. The second kappa shape index (κ2) is 9.13. The zero-order valence-electron chi connectivity index (χ0n) is 17.4. The Morgan fingerprint density at radius 2 is 1.62 bits per heavy atom. The molecule has 1 N–H and O–H groups in total. The summed E-state index contributed by atoms with van der Waals surface area (Å²) in [6.07, 6.45) is 1.15. The normalized spacial score (nSPS) is 12.4. The molecule has 0 aliphatic heterocycles. The summed E-state index contributed by atoms with van der Waals surface area (Å²) in [5.74, 6) is -0.245. The van der Waals surface area contributed by atoms with Crippen LogP contribution in [0.5, 0.6) is 5.75 Å². The number of carbonyl (C=O) groups is 1. The summed E-state index contributed by atoms with van der Waals surface area (Å²) < 4.78 is 36.1. The number of ether oxygens (including phenoxy) is 2. The number of hydrogen-bond acceptors (Lipinski definition) is 6. The molecular weight excluding hydrogens is 390 g/mol. The van der Waals surface area contributed by atoms with Gasteiger partial charge >= 0.3 is 5.97 Å². The predicted octanol–water partition coefficient (Wildman–Crippen LogP) is 4.28. The Bertz CT molecular complexity index is 969. The van der Waals surface area contributed by atoms with Crippen molar-refractivity contribution in [1.82, 2.24) is 0 Å². The molecule has 0 spiro atoms. The van der Waals surface area contributed by atoms with Crippen LogP contribution in [-0.4, -0.2) is 28.1 Å². The molecule has 6 nitrogen and oxygen atoms in total. The van der Waals surface area contributed by atoms with Gasteiger partial charge in [-0.15, -0.1) is 0 Å². The molecule has 0 saturated heterocycles. The Labute approximate surface area is 172 Å². The zero-order valence-corrected chi connectivity index (χ0v) is 18.2. The standard InChI is InChI=1S/C22H27NO5S/c1-6-28-18-11-9-17(10-12-18)23-15-20(21(24)27-5)29(25,26)19-13-7-16(8-14-19)22(2,3)4/h7-15,23H,6H2,1-5H3/b20-15+.